The molecule has 0 saturated carbocycles. The summed E-state index contributed by atoms with van der Waals surface area (Å²) in [7, 11) is -3.83. The quantitative estimate of drug-likeness (QED) is 0.749. The molecule has 2 N–H and O–H groups in total. The lowest BCUT2D eigenvalue weighted by Crippen LogP contribution is -2.27. The molecule has 0 aliphatic carbocycles. The van der Waals surface area contributed by atoms with E-state index in [-0.39, 0.29) is 29.0 Å². The molecule has 0 fully saturated rings. The largest absolute Gasteiger partial charge is 0.441 e. The first kappa shape index (κ1) is 17.1. The fraction of sp³-hybridized carbons (Fsp3) is 0.500. The maximum absolute atomic E-state index is 11.9. The van der Waals surface area contributed by atoms with Crippen molar-refractivity contribution in [2.24, 2.45) is 0 Å². The maximum Gasteiger partial charge on any atom is 0.441 e. The van der Waals surface area contributed by atoms with Gasteiger partial charge in [-0.3, -0.25) is 0 Å². The molecular weight excluding hydrogens is 315 g/mol. The van der Waals surface area contributed by atoms with E-state index < -0.39 is 15.5 Å². The Labute approximate surface area is 119 Å². The minimum absolute atomic E-state index is 0.0412. The van der Waals surface area contributed by atoms with E-state index in [1.807, 2.05) is 6.92 Å². The topological polar surface area (TPSA) is 71.1 Å². The number of thioether (sulfide) groups is 1. The van der Waals surface area contributed by atoms with Crippen molar-refractivity contribution in [1.82, 2.24) is 9.71 Å². The molecule has 0 aliphatic rings. The number of alkyl halides is 3. The molecule has 1 aromatic heterocycles. The van der Waals surface area contributed by atoms with Gasteiger partial charge in [-0.25, -0.2) is 18.1 Å². The van der Waals surface area contributed by atoms with Crippen LogP contribution in [0.5, 0.6) is 0 Å². The second kappa shape index (κ2) is 7.14. The van der Waals surface area contributed by atoms with Crippen LogP contribution in [-0.4, -0.2) is 37.8 Å². The second-order valence-corrected chi connectivity index (χ2v) is 6.53. The molecule has 0 amide bonds. The lowest BCUT2D eigenvalue weighted by Gasteiger charge is -2.09. The summed E-state index contributed by atoms with van der Waals surface area (Å²) >= 11 is -0.271. The van der Waals surface area contributed by atoms with Gasteiger partial charge in [-0.1, -0.05) is 0 Å². The van der Waals surface area contributed by atoms with Crippen molar-refractivity contribution in [1.29, 1.82) is 0 Å². The Balaban J connectivity index is 2.62. The van der Waals surface area contributed by atoms with Crippen LogP contribution in [0.25, 0.3) is 0 Å². The molecule has 114 valence electrons. The summed E-state index contributed by atoms with van der Waals surface area (Å²) in [5.41, 5.74) is -4.36. The molecule has 0 spiro atoms. The van der Waals surface area contributed by atoms with Crippen LogP contribution in [0.4, 0.5) is 19.0 Å². The fourth-order valence-corrected chi connectivity index (χ4v) is 2.89. The highest BCUT2D eigenvalue weighted by atomic mass is 32.2. The van der Waals surface area contributed by atoms with Crippen molar-refractivity contribution in [3.63, 3.8) is 0 Å². The summed E-state index contributed by atoms with van der Waals surface area (Å²) in [6.07, 6.45) is 1.32. The lowest BCUT2D eigenvalue weighted by atomic mass is 10.4. The van der Waals surface area contributed by atoms with Crippen LogP contribution in [-0.2, 0) is 10.0 Å². The highest BCUT2D eigenvalue weighted by Gasteiger charge is 2.27. The summed E-state index contributed by atoms with van der Waals surface area (Å²) in [5.74, 6) is 0.00786. The minimum atomic E-state index is -4.36. The Morgan fingerprint density at radius 3 is 2.70 bits per heavy atom. The van der Waals surface area contributed by atoms with Gasteiger partial charge in [0, 0.05) is 31.1 Å². The van der Waals surface area contributed by atoms with Gasteiger partial charge in [-0.15, -0.1) is 0 Å². The fourth-order valence-electron chi connectivity index (χ4n) is 1.28. The van der Waals surface area contributed by atoms with E-state index >= 15 is 0 Å². The van der Waals surface area contributed by atoms with Gasteiger partial charge in [0.25, 0.3) is 0 Å². The van der Waals surface area contributed by atoms with Gasteiger partial charge in [-0.2, -0.15) is 13.2 Å². The first-order valence-corrected chi connectivity index (χ1v) is 8.12. The van der Waals surface area contributed by atoms with E-state index in [9.17, 15) is 21.6 Å². The average Bonchev–Trinajstić information content (AvgIpc) is 2.34. The van der Waals surface area contributed by atoms with E-state index in [4.69, 9.17) is 0 Å². The molecule has 1 rings (SSSR count). The van der Waals surface area contributed by atoms with E-state index in [1.165, 1.54) is 18.3 Å². The number of hydrogen-bond donors (Lipinski definition) is 2. The number of pyridine rings is 1. The van der Waals surface area contributed by atoms with Gasteiger partial charge in [-0.05, 0) is 24.8 Å². The van der Waals surface area contributed by atoms with Crippen LogP contribution in [0.2, 0.25) is 0 Å². The van der Waals surface area contributed by atoms with Crippen molar-refractivity contribution in [3.8, 4) is 0 Å². The first-order chi connectivity index (χ1) is 9.24. The zero-order valence-electron chi connectivity index (χ0n) is 10.6. The van der Waals surface area contributed by atoms with Crippen LogP contribution in [0.3, 0.4) is 0 Å². The van der Waals surface area contributed by atoms with Crippen LogP contribution in [0, 0.1) is 0 Å². The van der Waals surface area contributed by atoms with E-state index in [2.05, 4.69) is 15.0 Å². The Hall–Kier alpha value is -1.00. The molecule has 0 aliphatic heterocycles. The predicted octanol–water partition coefficient (Wildman–Crippen LogP) is 2.04. The van der Waals surface area contributed by atoms with Crippen molar-refractivity contribution < 1.29 is 21.6 Å². The van der Waals surface area contributed by atoms with Crippen molar-refractivity contribution in [2.45, 2.75) is 17.3 Å². The average molecular weight is 329 g/mol. The zero-order valence-corrected chi connectivity index (χ0v) is 12.2. The summed E-state index contributed by atoms with van der Waals surface area (Å²) in [4.78, 5) is 3.87. The third kappa shape index (κ3) is 5.97. The van der Waals surface area contributed by atoms with Gasteiger partial charge in [0.1, 0.15) is 5.82 Å². The van der Waals surface area contributed by atoms with Crippen molar-refractivity contribution >= 4 is 27.6 Å². The number of hydrogen-bond acceptors (Lipinski definition) is 5. The molecule has 1 heterocycles. The Bertz CT molecular complexity index is 535. The normalized spacial score (nSPS) is 12.4. The minimum Gasteiger partial charge on any atom is -0.370 e. The number of anilines is 1. The lowest BCUT2D eigenvalue weighted by molar-refractivity contribution is -0.0327. The van der Waals surface area contributed by atoms with Crippen LogP contribution in [0.15, 0.2) is 23.2 Å². The standard InChI is InChI=1S/C10H14F3N3O2S2/c1-2-14-9-7-8(3-4-15-9)20(17,18)16-5-6-19-10(11,12)13/h3-4,7,16H,2,5-6H2,1H3,(H,14,15). The first-order valence-electron chi connectivity index (χ1n) is 5.65. The Kier molecular flexibility index (Phi) is 6.08. The molecule has 0 atom stereocenters. The molecule has 10 heteroatoms. The van der Waals surface area contributed by atoms with Crippen LogP contribution >= 0.6 is 11.8 Å². The van der Waals surface area contributed by atoms with E-state index in [0.717, 1.165) is 0 Å². The van der Waals surface area contributed by atoms with Crippen molar-refractivity contribution in [3.05, 3.63) is 18.3 Å². The van der Waals surface area contributed by atoms with E-state index in [0.29, 0.717) is 12.4 Å². The molecule has 20 heavy (non-hydrogen) atoms. The third-order valence-electron chi connectivity index (χ3n) is 2.06. The Morgan fingerprint density at radius 2 is 2.10 bits per heavy atom. The summed E-state index contributed by atoms with van der Waals surface area (Å²) in [6, 6.07) is 2.60. The number of sulfonamides is 1. The van der Waals surface area contributed by atoms with Crippen molar-refractivity contribution in [2.75, 3.05) is 24.2 Å². The summed E-state index contributed by atoms with van der Waals surface area (Å²) in [5, 5.41) is 2.85. The van der Waals surface area contributed by atoms with E-state index in [1.54, 1.807) is 0 Å². The SMILES string of the molecule is CCNc1cc(S(=O)(=O)NCCSC(F)(F)F)ccn1. The maximum atomic E-state index is 11.9. The van der Waals surface area contributed by atoms with Gasteiger partial charge in [0.2, 0.25) is 10.0 Å². The molecule has 1 aromatic rings. The monoisotopic (exact) mass is 329 g/mol. The molecular formula is C10H14F3N3O2S2. The molecule has 0 radical (unpaired) electrons. The molecule has 0 aromatic carbocycles. The van der Waals surface area contributed by atoms with Gasteiger partial charge in [0.05, 0.1) is 4.90 Å². The number of nitrogens with one attached hydrogen (secondary N) is 2. The number of nitrogens with zero attached hydrogens (tertiary/aromatic N) is 1. The number of halogens is 3. The molecule has 0 bridgehead atoms. The van der Waals surface area contributed by atoms with Crippen LogP contribution in [0.1, 0.15) is 6.92 Å². The molecule has 0 saturated heterocycles. The van der Waals surface area contributed by atoms with Crippen LogP contribution < -0.4 is 10.0 Å². The van der Waals surface area contributed by atoms with Gasteiger partial charge < -0.3 is 5.32 Å². The Morgan fingerprint density at radius 1 is 1.40 bits per heavy atom. The summed E-state index contributed by atoms with van der Waals surface area (Å²) < 4.78 is 61.5. The smallest absolute Gasteiger partial charge is 0.370 e. The molecule has 5 nitrogen and oxygen atoms in total. The predicted molar refractivity (Wildman–Crippen MR) is 72.1 cm³/mol. The number of rotatable bonds is 7. The molecule has 0 unspecified atom stereocenters. The second-order valence-electron chi connectivity index (χ2n) is 3.60. The number of aromatic nitrogens is 1. The highest BCUT2D eigenvalue weighted by molar-refractivity contribution is 8.00. The summed E-state index contributed by atoms with van der Waals surface area (Å²) in [6.45, 7) is 2.10. The van der Waals surface area contributed by atoms with Gasteiger partial charge in [0.15, 0.2) is 0 Å². The zero-order chi connectivity index (χ0) is 15.2. The van der Waals surface area contributed by atoms with Gasteiger partial charge >= 0.3 is 5.51 Å². The highest BCUT2D eigenvalue weighted by Crippen LogP contribution is 2.29. The third-order valence-corrected chi connectivity index (χ3v) is 4.25.